The minimum atomic E-state index is -0.107. The number of hydrazine groups is 1. The zero-order valence-corrected chi connectivity index (χ0v) is 11.1. The van der Waals surface area contributed by atoms with E-state index < -0.39 is 0 Å². The zero-order chi connectivity index (χ0) is 13.0. The molecule has 2 rings (SSSR count). The van der Waals surface area contributed by atoms with E-state index in [1.54, 1.807) is 13.0 Å². The Bertz CT molecular complexity index is 384. The van der Waals surface area contributed by atoms with Crippen molar-refractivity contribution < 1.29 is 4.39 Å². The molecule has 1 aliphatic rings. The van der Waals surface area contributed by atoms with Crippen LogP contribution in [0.15, 0.2) is 18.2 Å². The Kier molecular flexibility index (Phi) is 4.72. The normalized spacial score (nSPS) is 19.5. The summed E-state index contributed by atoms with van der Waals surface area (Å²) in [5, 5.41) is 0. The van der Waals surface area contributed by atoms with Crippen molar-refractivity contribution >= 4 is 0 Å². The zero-order valence-electron chi connectivity index (χ0n) is 11.1. The lowest BCUT2D eigenvalue weighted by atomic mass is 9.87. The number of nitrogens with two attached hydrogens (primary N) is 1. The molecule has 18 heavy (non-hydrogen) atoms. The molecule has 0 bridgehead atoms. The molecule has 0 spiro atoms. The van der Waals surface area contributed by atoms with E-state index in [0.29, 0.717) is 11.5 Å². The predicted octanol–water partition coefficient (Wildman–Crippen LogP) is 3.61. The van der Waals surface area contributed by atoms with Crippen LogP contribution in [0.25, 0.3) is 0 Å². The molecule has 1 unspecified atom stereocenters. The van der Waals surface area contributed by atoms with E-state index in [9.17, 15) is 4.39 Å². The average Bonchev–Trinajstić information content (AvgIpc) is 2.64. The van der Waals surface area contributed by atoms with Crippen LogP contribution < -0.4 is 11.3 Å². The molecule has 2 nitrogen and oxygen atoms in total. The predicted molar refractivity (Wildman–Crippen MR) is 72.4 cm³/mol. The Hall–Kier alpha value is -0.930. The second-order valence-electron chi connectivity index (χ2n) is 5.37. The van der Waals surface area contributed by atoms with Gasteiger partial charge in [0.25, 0.3) is 0 Å². The minimum absolute atomic E-state index is 0.0528. The highest BCUT2D eigenvalue weighted by atomic mass is 19.1. The third kappa shape index (κ3) is 2.90. The highest BCUT2D eigenvalue weighted by Gasteiger charge is 2.25. The number of hydrogen-bond donors (Lipinski definition) is 2. The third-order valence-corrected chi connectivity index (χ3v) is 4.11. The summed E-state index contributed by atoms with van der Waals surface area (Å²) in [4.78, 5) is 0. The van der Waals surface area contributed by atoms with Crippen LogP contribution in [0.1, 0.15) is 55.7 Å². The van der Waals surface area contributed by atoms with Gasteiger partial charge in [-0.2, -0.15) is 0 Å². The van der Waals surface area contributed by atoms with Gasteiger partial charge in [0.2, 0.25) is 0 Å². The molecule has 0 aliphatic heterocycles. The van der Waals surface area contributed by atoms with Crippen molar-refractivity contribution in [3.05, 3.63) is 35.1 Å². The molecule has 1 aromatic rings. The molecule has 3 heteroatoms. The summed E-state index contributed by atoms with van der Waals surface area (Å²) >= 11 is 0. The van der Waals surface area contributed by atoms with Gasteiger partial charge in [0.05, 0.1) is 6.04 Å². The number of halogens is 1. The first-order chi connectivity index (χ1) is 8.74. The summed E-state index contributed by atoms with van der Waals surface area (Å²) in [7, 11) is 0. The van der Waals surface area contributed by atoms with E-state index in [2.05, 4.69) is 5.43 Å². The van der Waals surface area contributed by atoms with Gasteiger partial charge in [0.1, 0.15) is 5.82 Å². The molecule has 1 saturated carbocycles. The van der Waals surface area contributed by atoms with Gasteiger partial charge in [-0.3, -0.25) is 11.3 Å². The SMILES string of the molecule is Cc1cccc(C(NN)C2CCCCCC2)c1F. The highest BCUT2D eigenvalue weighted by Crippen LogP contribution is 2.34. The van der Waals surface area contributed by atoms with E-state index in [-0.39, 0.29) is 11.9 Å². The first-order valence-electron chi connectivity index (χ1n) is 6.95. The number of nitrogens with one attached hydrogen (secondary N) is 1. The lowest BCUT2D eigenvalue weighted by Gasteiger charge is -2.26. The summed E-state index contributed by atoms with van der Waals surface area (Å²) < 4.78 is 14.2. The fourth-order valence-corrected chi connectivity index (χ4v) is 3.03. The molecule has 0 heterocycles. The van der Waals surface area contributed by atoms with Crippen LogP contribution in [0.4, 0.5) is 4.39 Å². The lowest BCUT2D eigenvalue weighted by molar-refractivity contribution is 0.321. The smallest absolute Gasteiger partial charge is 0.130 e. The lowest BCUT2D eigenvalue weighted by Crippen LogP contribution is -2.34. The summed E-state index contributed by atoms with van der Waals surface area (Å²) in [6, 6.07) is 5.52. The Morgan fingerprint density at radius 3 is 2.50 bits per heavy atom. The van der Waals surface area contributed by atoms with Crippen LogP contribution in [-0.4, -0.2) is 0 Å². The number of rotatable bonds is 3. The molecule has 0 radical (unpaired) electrons. The van der Waals surface area contributed by atoms with Crippen molar-refractivity contribution in [2.24, 2.45) is 11.8 Å². The van der Waals surface area contributed by atoms with Crippen molar-refractivity contribution in [1.82, 2.24) is 5.43 Å². The van der Waals surface area contributed by atoms with Gasteiger partial charge in [-0.15, -0.1) is 0 Å². The van der Waals surface area contributed by atoms with E-state index >= 15 is 0 Å². The van der Waals surface area contributed by atoms with Crippen molar-refractivity contribution in [3.63, 3.8) is 0 Å². The molecule has 100 valence electrons. The maximum atomic E-state index is 14.2. The van der Waals surface area contributed by atoms with Gasteiger partial charge in [-0.25, -0.2) is 4.39 Å². The quantitative estimate of drug-likeness (QED) is 0.488. The van der Waals surface area contributed by atoms with Gasteiger partial charge in [0.15, 0.2) is 0 Å². The molecule has 1 aromatic carbocycles. The molecule has 0 saturated heterocycles. The Morgan fingerprint density at radius 1 is 1.22 bits per heavy atom. The molecule has 1 atom stereocenters. The first kappa shape index (κ1) is 13.5. The summed E-state index contributed by atoms with van der Waals surface area (Å²) in [6.45, 7) is 1.81. The van der Waals surface area contributed by atoms with E-state index in [0.717, 1.165) is 18.4 Å². The van der Waals surface area contributed by atoms with Crippen LogP contribution in [0, 0.1) is 18.7 Å². The Morgan fingerprint density at radius 2 is 1.89 bits per heavy atom. The Labute approximate surface area is 109 Å². The van der Waals surface area contributed by atoms with Crippen LogP contribution in [0.2, 0.25) is 0 Å². The molecular weight excluding hydrogens is 227 g/mol. The molecule has 1 aliphatic carbocycles. The molecule has 1 fully saturated rings. The van der Waals surface area contributed by atoms with E-state index in [1.165, 1.54) is 25.7 Å². The fraction of sp³-hybridized carbons (Fsp3) is 0.600. The first-order valence-corrected chi connectivity index (χ1v) is 6.95. The van der Waals surface area contributed by atoms with Gasteiger partial charge in [-0.1, -0.05) is 43.9 Å². The standard InChI is InChI=1S/C15H23FN2/c1-11-7-6-10-13(14(11)16)15(18-17)12-8-4-2-3-5-9-12/h6-7,10,12,15,18H,2-5,8-9,17H2,1H3. The molecule has 3 N–H and O–H groups in total. The van der Waals surface area contributed by atoms with E-state index in [1.807, 2.05) is 12.1 Å². The van der Waals surface area contributed by atoms with Crippen LogP contribution in [0.3, 0.4) is 0 Å². The maximum Gasteiger partial charge on any atom is 0.130 e. The van der Waals surface area contributed by atoms with Gasteiger partial charge >= 0.3 is 0 Å². The van der Waals surface area contributed by atoms with Crippen LogP contribution in [0.5, 0.6) is 0 Å². The second kappa shape index (κ2) is 6.30. The maximum absolute atomic E-state index is 14.2. The van der Waals surface area contributed by atoms with Gasteiger partial charge in [0, 0.05) is 5.56 Å². The summed E-state index contributed by atoms with van der Waals surface area (Å²) in [5.74, 6) is 6.03. The molecular formula is C15H23FN2. The van der Waals surface area contributed by atoms with Crippen molar-refractivity contribution in [2.75, 3.05) is 0 Å². The van der Waals surface area contributed by atoms with E-state index in [4.69, 9.17) is 5.84 Å². The monoisotopic (exact) mass is 250 g/mol. The third-order valence-electron chi connectivity index (χ3n) is 4.11. The van der Waals surface area contributed by atoms with Gasteiger partial charge < -0.3 is 0 Å². The van der Waals surface area contributed by atoms with Crippen LogP contribution >= 0.6 is 0 Å². The van der Waals surface area contributed by atoms with Gasteiger partial charge in [-0.05, 0) is 31.2 Å². The van der Waals surface area contributed by atoms with Crippen molar-refractivity contribution in [1.29, 1.82) is 0 Å². The number of aryl methyl sites for hydroxylation is 1. The molecule has 0 amide bonds. The highest BCUT2D eigenvalue weighted by molar-refractivity contribution is 5.28. The Balaban J connectivity index is 2.23. The van der Waals surface area contributed by atoms with Crippen molar-refractivity contribution in [3.8, 4) is 0 Å². The summed E-state index contributed by atoms with van der Waals surface area (Å²) in [6.07, 6.45) is 7.34. The topological polar surface area (TPSA) is 38.0 Å². The second-order valence-corrected chi connectivity index (χ2v) is 5.37. The van der Waals surface area contributed by atoms with Crippen molar-refractivity contribution in [2.45, 2.75) is 51.5 Å². The fourth-order valence-electron chi connectivity index (χ4n) is 3.03. The van der Waals surface area contributed by atoms with Crippen LogP contribution in [-0.2, 0) is 0 Å². The number of benzene rings is 1. The largest absolute Gasteiger partial charge is 0.271 e. The minimum Gasteiger partial charge on any atom is -0.271 e. The summed E-state index contributed by atoms with van der Waals surface area (Å²) in [5.41, 5.74) is 4.27. The average molecular weight is 250 g/mol. The number of hydrogen-bond acceptors (Lipinski definition) is 2. The molecule has 0 aromatic heterocycles.